The van der Waals surface area contributed by atoms with E-state index in [-0.39, 0.29) is 0 Å². The van der Waals surface area contributed by atoms with Gasteiger partial charge in [-0.2, -0.15) is 0 Å². The second kappa shape index (κ2) is 4.05. The van der Waals surface area contributed by atoms with Crippen molar-refractivity contribution in [2.75, 3.05) is 0 Å². The Hall–Kier alpha value is -1.70. The summed E-state index contributed by atoms with van der Waals surface area (Å²) in [6, 6.07) is 8.16. The number of hydrogen-bond donors (Lipinski definition) is 0. The lowest BCUT2D eigenvalue weighted by Crippen LogP contribution is -2.06. The van der Waals surface area contributed by atoms with Gasteiger partial charge in [0.05, 0.1) is 11.4 Å². The fourth-order valence-electron chi connectivity index (χ4n) is 2.39. The van der Waals surface area contributed by atoms with Crippen LogP contribution >= 0.6 is 0 Å². The van der Waals surface area contributed by atoms with Crippen LogP contribution in [-0.4, -0.2) is 9.97 Å². The Balaban J connectivity index is 2.14. The van der Waals surface area contributed by atoms with Crippen molar-refractivity contribution in [3.05, 3.63) is 47.8 Å². The Bertz CT molecular complexity index is 491. The zero-order chi connectivity index (χ0) is 10.8. The molecular weight excluding hydrogens is 196 g/mol. The minimum absolute atomic E-state index is 1.00. The third kappa shape index (κ3) is 1.60. The first-order chi connectivity index (χ1) is 7.95. The van der Waals surface area contributed by atoms with Gasteiger partial charge in [-0.25, -0.2) is 0 Å². The summed E-state index contributed by atoms with van der Waals surface area (Å²) in [5.74, 6) is 0. The van der Waals surface area contributed by atoms with E-state index in [1.54, 1.807) is 0 Å². The summed E-state index contributed by atoms with van der Waals surface area (Å²) in [6.07, 6.45) is 8.66. The first kappa shape index (κ1) is 9.52. The Morgan fingerprint density at radius 2 is 1.81 bits per heavy atom. The van der Waals surface area contributed by atoms with Gasteiger partial charge in [-0.1, -0.05) is 6.07 Å². The maximum atomic E-state index is 4.50. The lowest BCUT2D eigenvalue weighted by atomic mass is 9.90. The molecule has 0 amide bonds. The van der Waals surface area contributed by atoms with E-state index in [0.29, 0.717) is 0 Å². The standard InChI is InChI=1S/C14H14N2/c1-2-6-12-11(5-1)8-10-16-14(12)13-7-3-4-9-15-13/h3-4,7-10H,1-2,5-6H2. The van der Waals surface area contributed by atoms with Crippen molar-refractivity contribution in [1.29, 1.82) is 0 Å². The normalized spacial score (nSPS) is 14.5. The minimum Gasteiger partial charge on any atom is -0.255 e. The number of aromatic nitrogens is 2. The summed E-state index contributed by atoms with van der Waals surface area (Å²) >= 11 is 0. The predicted molar refractivity (Wildman–Crippen MR) is 64.1 cm³/mol. The van der Waals surface area contributed by atoms with E-state index in [1.807, 2.05) is 30.6 Å². The van der Waals surface area contributed by atoms with Gasteiger partial charge in [0.2, 0.25) is 0 Å². The van der Waals surface area contributed by atoms with Crippen molar-refractivity contribution < 1.29 is 0 Å². The number of nitrogens with zero attached hydrogens (tertiary/aromatic N) is 2. The summed E-state index contributed by atoms with van der Waals surface area (Å²) in [5.41, 5.74) is 4.95. The van der Waals surface area contributed by atoms with Gasteiger partial charge in [-0.05, 0) is 55.0 Å². The van der Waals surface area contributed by atoms with Gasteiger partial charge in [0.25, 0.3) is 0 Å². The average molecular weight is 210 g/mol. The van der Waals surface area contributed by atoms with Crippen LogP contribution < -0.4 is 0 Å². The molecule has 0 bridgehead atoms. The zero-order valence-corrected chi connectivity index (χ0v) is 9.19. The van der Waals surface area contributed by atoms with E-state index >= 15 is 0 Å². The van der Waals surface area contributed by atoms with Crippen LogP contribution in [0.2, 0.25) is 0 Å². The van der Waals surface area contributed by atoms with Crippen molar-refractivity contribution in [2.45, 2.75) is 25.7 Å². The number of aryl methyl sites for hydroxylation is 1. The number of rotatable bonds is 1. The molecule has 80 valence electrons. The first-order valence-corrected chi connectivity index (χ1v) is 5.83. The molecule has 2 heterocycles. The highest BCUT2D eigenvalue weighted by molar-refractivity contribution is 5.60. The fraction of sp³-hybridized carbons (Fsp3) is 0.286. The largest absolute Gasteiger partial charge is 0.255 e. The number of pyridine rings is 2. The third-order valence-corrected chi connectivity index (χ3v) is 3.18. The van der Waals surface area contributed by atoms with Crippen molar-refractivity contribution in [3.63, 3.8) is 0 Å². The zero-order valence-electron chi connectivity index (χ0n) is 9.19. The van der Waals surface area contributed by atoms with E-state index < -0.39 is 0 Å². The monoisotopic (exact) mass is 210 g/mol. The molecule has 0 fully saturated rings. The summed E-state index contributed by atoms with van der Waals surface area (Å²) in [4.78, 5) is 8.89. The molecule has 2 nitrogen and oxygen atoms in total. The van der Waals surface area contributed by atoms with Crippen LogP contribution in [-0.2, 0) is 12.8 Å². The Morgan fingerprint density at radius 3 is 2.69 bits per heavy atom. The molecule has 16 heavy (non-hydrogen) atoms. The van der Waals surface area contributed by atoms with Gasteiger partial charge in [0.15, 0.2) is 0 Å². The van der Waals surface area contributed by atoms with Crippen LogP contribution in [0.25, 0.3) is 11.4 Å². The minimum atomic E-state index is 1.00. The van der Waals surface area contributed by atoms with Gasteiger partial charge < -0.3 is 0 Å². The molecule has 1 aliphatic carbocycles. The Labute approximate surface area is 95.4 Å². The lowest BCUT2D eigenvalue weighted by molar-refractivity contribution is 0.683. The number of fused-ring (bicyclic) bond motifs is 1. The number of hydrogen-bond acceptors (Lipinski definition) is 2. The highest BCUT2D eigenvalue weighted by Crippen LogP contribution is 2.28. The van der Waals surface area contributed by atoms with Gasteiger partial charge in [0.1, 0.15) is 0 Å². The molecule has 3 rings (SSSR count). The van der Waals surface area contributed by atoms with Crippen molar-refractivity contribution in [3.8, 4) is 11.4 Å². The molecule has 0 aliphatic heterocycles. The van der Waals surface area contributed by atoms with Crippen LogP contribution in [0.1, 0.15) is 24.0 Å². The van der Waals surface area contributed by atoms with Crippen molar-refractivity contribution >= 4 is 0 Å². The van der Waals surface area contributed by atoms with Crippen LogP contribution in [0.5, 0.6) is 0 Å². The highest BCUT2D eigenvalue weighted by Gasteiger charge is 2.15. The maximum absolute atomic E-state index is 4.50. The smallest absolute Gasteiger partial charge is 0.0920 e. The van der Waals surface area contributed by atoms with E-state index in [1.165, 1.54) is 30.4 Å². The van der Waals surface area contributed by atoms with Gasteiger partial charge >= 0.3 is 0 Å². The topological polar surface area (TPSA) is 25.8 Å². The summed E-state index contributed by atoms with van der Waals surface area (Å²) in [5, 5.41) is 0. The molecule has 2 aromatic heterocycles. The van der Waals surface area contributed by atoms with E-state index in [0.717, 1.165) is 17.8 Å². The Morgan fingerprint density at radius 1 is 0.875 bits per heavy atom. The molecule has 0 radical (unpaired) electrons. The SMILES string of the molecule is c1ccc(-c2nccc3c2CCCC3)nc1. The van der Waals surface area contributed by atoms with Gasteiger partial charge in [-0.15, -0.1) is 0 Å². The van der Waals surface area contributed by atoms with Crippen molar-refractivity contribution in [1.82, 2.24) is 9.97 Å². The van der Waals surface area contributed by atoms with Crippen LogP contribution in [0.15, 0.2) is 36.7 Å². The van der Waals surface area contributed by atoms with E-state index in [4.69, 9.17) is 0 Å². The fourth-order valence-corrected chi connectivity index (χ4v) is 2.39. The average Bonchev–Trinajstić information content (AvgIpc) is 2.39. The molecule has 1 aliphatic rings. The molecule has 0 atom stereocenters. The Kier molecular flexibility index (Phi) is 2.41. The van der Waals surface area contributed by atoms with Crippen LogP contribution in [0.3, 0.4) is 0 Å². The predicted octanol–water partition coefficient (Wildman–Crippen LogP) is 3.02. The summed E-state index contributed by atoms with van der Waals surface area (Å²) in [7, 11) is 0. The maximum Gasteiger partial charge on any atom is 0.0920 e. The molecule has 0 saturated carbocycles. The lowest BCUT2D eigenvalue weighted by Gasteiger charge is -2.17. The molecule has 0 unspecified atom stereocenters. The molecule has 2 aromatic rings. The van der Waals surface area contributed by atoms with Crippen LogP contribution in [0, 0.1) is 0 Å². The molecule has 0 aromatic carbocycles. The second-order valence-electron chi connectivity index (χ2n) is 4.22. The van der Waals surface area contributed by atoms with Gasteiger partial charge in [0, 0.05) is 12.4 Å². The third-order valence-electron chi connectivity index (χ3n) is 3.18. The molecule has 0 spiro atoms. The van der Waals surface area contributed by atoms with Crippen LogP contribution in [0.4, 0.5) is 0 Å². The van der Waals surface area contributed by atoms with E-state index in [9.17, 15) is 0 Å². The molecular formula is C14H14N2. The molecule has 0 saturated heterocycles. The summed E-state index contributed by atoms with van der Waals surface area (Å²) < 4.78 is 0. The second-order valence-corrected chi connectivity index (χ2v) is 4.22. The molecule has 2 heteroatoms. The van der Waals surface area contributed by atoms with E-state index in [2.05, 4.69) is 16.0 Å². The highest BCUT2D eigenvalue weighted by atomic mass is 14.8. The van der Waals surface area contributed by atoms with Gasteiger partial charge in [-0.3, -0.25) is 9.97 Å². The summed E-state index contributed by atoms with van der Waals surface area (Å²) in [6.45, 7) is 0. The quantitative estimate of drug-likeness (QED) is 0.723. The molecule has 0 N–H and O–H groups in total. The van der Waals surface area contributed by atoms with Crippen molar-refractivity contribution in [2.24, 2.45) is 0 Å². The first-order valence-electron chi connectivity index (χ1n) is 5.83.